The fourth-order valence-corrected chi connectivity index (χ4v) is 2.58. The van der Waals surface area contributed by atoms with Crippen molar-refractivity contribution in [3.05, 3.63) is 23.3 Å². The molecule has 0 aliphatic carbocycles. The van der Waals surface area contributed by atoms with Crippen molar-refractivity contribution in [2.24, 2.45) is 0 Å². The third-order valence-electron chi connectivity index (χ3n) is 3.25. The summed E-state index contributed by atoms with van der Waals surface area (Å²) in [5, 5.41) is 10.4. The van der Waals surface area contributed by atoms with Crippen LogP contribution in [0.3, 0.4) is 0 Å². The molecule has 0 heterocycles. The first-order chi connectivity index (χ1) is 8.72. The predicted octanol–water partition coefficient (Wildman–Crippen LogP) is 2.39. The maximum atomic E-state index is 10.4. The van der Waals surface area contributed by atoms with Gasteiger partial charge in [0.05, 0.1) is 25.9 Å². The Morgan fingerprint density at radius 2 is 1.58 bits per heavy atom. The molecule has 0 amide bonds. The highest BCUT2D eigenvalue weighted by Gasteiger charge is 2.32. The Hall–Kier alpha value is -1.26. The first-order valence-electron chi connectivity index (χ1n) is 6.33. The normalized spacial score (nSPS) is 13.5. The van der Waals surface area contributed by atoms with Gasteiger partial charge in [-0.3, -0.25) is 4.90 Å². The highest BCUT2D eigenvalue weighted by molar-refractivity contribution is 5.48. The van der Waals surface area contributed by atoms with E-state index in [1.807, 2.05) is 51.9 Å². The third kappa shape index (κ3) is 3.39. The molecule has 1 rings (SSSR count). The second kappa shape index (κ2) is 5.80. The maximum Gasteiger partial charge on any atom is 0.161 e. The molecule has 1 N–H and O–H groups in total. The van der Waals surface area contributed by atoms with E-state index in [1.165, 1.54) is 0 Å². The van der Waals surface area contributed by atoms with Crippen LogP contribution in [0, 0.1) is 6.92 Å². The van der Waals surface area contributed by atoms with Gasteiger partial charge in [-0.1, -0.05) is 0 Å². The van der Waals surface area contributed by atoms with Gasteiger partial charge in [-0.25, -0.2) is 0 Å². The number of hydrogen-bond donors (Lipinski definition) is 1. The highest BCUT2D eigenvalue weighted by atomic mass is 16.5. The van der Waals surface area contributed by atoms with E-state index in [4.69, 9.17) is 9.47 Å². The zero-order valence-corrected chi connectivity index (χ0v) is 12.9. The van der Waals surface area contributed by atoms with E-state index in [-0.39, 0.29) is 6.04 Å². The van der Waals surface area contributed by atoms with Crippen molar-refractivity contribution in [1.29, 1.82) is 0 Å². The van der Waals surface area contributed by atoms with Gasteiger partial charge in [0, 0.05) is 0 Å². The number of aryl methyl sites for hydroxylation is 1. The Kier molecular flexibility index (Phi) is 4.82. The van der Waals surface area contributed by atoms with Gasteiger partial charge in [-0.15, -0.1) is 0 Å². The number of methoxy groups -OCH3 is 2. The number of aliphatic hydroxyl groups is 1. The molecular weight excluding hydrogens is 242 g/mol. The van der Waals surface area contributed by atoms with Crippen LogP contribution in [0.5, 0.6) is 11.5 Å². The Morgan fingerprint density at radius 3 is 1.95 bits per heavy atom. The summed E-state index contributed by atoms with van der Waals surface area (Å²) in [4.78, 5) is 2.01. The first-order valence-corrected chi connectivity index (χ1v) is 6.33. The van der Waals surface area contributed by atoms with Crippen LogP contribution in [-0.2, 0) is 0 Å². The van der Waals surface area contributed by atoms with Gasteiger partial charge in [-0.05, 0) is 58.1 Å². The second-order valence-electron chi connectivity index (χ2n) is 5.58. The van der Waals surface area contributed by atoms with Crippen LogP contribution < -0.4 is 9.47 Å². The lowest BCUT2D eigenvalue weighted by Crippen LogP contribution is -2.39. The second-order valence-corrected chi connectivity index (χ2v) is 5.58. The Bertz CT molecular complexity index is 436. The number of hydrogen-bond acceptors (Lipinski definition) is 4. The van der Waals surface area contributed by atoms with Crippen LogP contribution in [0.2, 0.25) is 0 Å². The zero-order chi connectivity index (χ0) is 14.8. The number of rotatable bonds is 5. The lowest BCUT2D eigenvalue weighted by Gasteiger charge is -2.36. The molecule has 19 heavy (non-hydrogen) atoms. The van der Waals surface area contributed by atoms with E-state index < -0.39 is 5.60 Å². The standard InChI is InChI=1S/C15H25NO3/c1-10-8-12(18-6)13(19-7)9-11(10)14(16(4)5)15(2,3)17/h8-9,14,17H,1-7H3. The minimum atomic E-state index is -0.853. The van der Waals surface area contributed by atoms with E-state index in [0.29, 0.717) is 11.5 Å². The van der Waals surface area contributed by atoms with Crippen LogP contribution in [0.25, 0.3) is 0 Å². The summed E-state index contributed by atoms with van der Waals surface area (Å²) < 4.78 is 10.6. The Morgan fingerprint density at radius 1 is 1.11 bits per heavy atom. The van der Waals surface area contributed by atoms with Gasteiger partial charge < -0.3 is 14.6 Å². The molecule has 108 valence electrons. The fraction of sp³-hybridized carbons (Fsp3) is 0.600. The van der Waals surface area contributed by atoms with Crippen LogP contribution >= 0.6 is 0 Å². The van der Waals surface area contributed by atoms with Gasteiger partial charge in [0.25, 0.3) is 0 Å². The molecule has 0 saturated heterocycles. The molecule has 1 aromatic rings. The monoisotopic (exact) mass is 267 g/mol. The third-order valence-corrected chi connectivity index (χ3v) is 3.25. The summed E-state index contributed by atoms with van der Waals surface area (Å²) in [6.07, 6.45) is 0. The fourth-order valence-electron chi connectivity index (χ4n) is 2.58. The molecule has 0 fully saturated rings. The summed E-state index contributed by atoms with van der Waals surface area (Å²) in [5.41, 5.74) is 1.25. The van der Waals surface area contributed by atoms with Crippen molar-refractivity contribution in [3.8, 4) is 11.5 Å². The molecular formula is C15H25NO3. The summed E-state index contributed by atoms with van der Waals surface area (Å²) in [6.45, 7) is 5.64. The van der Waals surface area contributed by atoms with Gasteiger partial charge in [0.1, 0.15) is 0 Å². The van der Waals surface area contributed by atoms with E-state index >= 15 is 0 Å². The zero-order valence-electron chi connectivity index (χ0n) is 12.9. The van der Waals surface area contributed by atoms with Crippen molar-refractivity contribution < 1.29 is 14.6 Å². The van der Waals surface area contributed by atoms with Crippen LogP contribution in [0.15, 0.2) is 12.1 Å². The average Bonchev–Trinajstić information content (AvgIpc) is 2.28. The molecule has 1 atom stereocenters. The van der Waals surface area contributed by atoms with Crippen LogP contribution in [-0.4, -0.2) is 43.9 Å². The molecule has 0 aromatic heterocycles. The molecule has 1 aromatic carbocycles. The van der Waals surface area contributed by atoms with Gasteiger partial charge in [-0.2, -0.15) is 0 Å². The summed E-state index contributed by atoms with van der Waals surface area (Å²) in [6, 6.07) is 3.76. The van der Waals surface area contributed by atoms with Crippen molar-refractivity contribution >= 4 is 0 Å². The minimum absolute atomic E-state index is 0.118. The topological polar surface area (TPSA) is 41.9 Å². The SMILES string of the molecule is COc1cc(C)c(C(N(C)C)C(C)(C)O)cc1OC. The van der Waals surface area contributed by atoms with Crippen LogP contribution in [0.4, 0.5) is 0 Å². The van der Waals surface area contributed by atoms with Crippen LogP contribution in [0.1, 0.15) is 31.0 Å². The molecule has 0 aliphatic heterocycles. The minimum Gasteiger partial charge on any atom is -0.493 e. The molecule has 0 bridgehead atoms. The van der Waals surface area contributed by atoms with Gasteiger partial charge >= 0.3 is 0 Å². The quantitative estimate of drug-likeness (QED) is 0.889. The Labute approximate surface area is 115 Å². The smallest absolute Gasteiger partial charge is 0.161 e. The molecule has 1 unspecified atom stereocenters. The van der Waals surface area contributed by atoms with E-state index in [2.05, 4.69) is 0 Å². The highest BCUT2D eigenvalue weighted by Crippen LogP contribution is 2.38. The molecule has 4 nitrogen and oxygen atoms in total. The summed E-state index contributed by atoms with van der Waals surface area (Å²) in [7, 11) is 7.15. The maximum absolute atomic E-state index is 10.4. The summed E-state index contributed by atoms with van der Waals surface area (Å²) in [5.74, 6) is 1.39. The van der Waals surface area contributed by atoms with Gasteiger partial charge in [0.15, 0.2) is 11.5 Å². The number of nitrogens with zero attached hydrogens (tertiary/aromatic N) is 1. The molecule has 4 heteroatoms. The molecule has 0 spiro atoms. The van der Waals surface area contributed by atoms with Crippen molar-refractivity contribution in [2.45, 2.75) is 32.4 Å². The molecule has 0 aliphatic rings. The Balaban J connectivity index is 3.40. The number of benzene rings is 1. The predicted molar refractivity (Wildman–Crippen MR) is 77.0 cm³/mol. The summed E-state index contributed by atoms with van der Waals surface area (Å²) >= 11 is 0. The largest absolute Gasteiger partial charge is 0.493 e. The molecule has 0 radical (unpaired) electrons. The van der Waals surface area contributed by atoms with Gasteiger partial charge in [0.2, 0.25) is 0 Å². The van der Waals surface area contributed by atoms with Crippen molar-refractivity contribution in [1.82, 2.24) is 4.90 Å². The van der Waals surface area contributed by atoms with Crippen molar-refractivity contribution in [2.75, 3.05) is 28.3 Å². The first kappa shape index (κ1) is 15.8. The van der Waals surface area contributed by atoms with E-state index in [1.54, 1.807) is 14.2 Å². The average molecular weight is 267 g/mol. The lowest BCUT2D eigenvalue weighted by molar-refractivity contribution is -0.00351. The number of likely N-dealkylation sites (N-methyl/N-ethyl adjacent to an activating group) is 1. The lowest BCUT2D eigenvalue weighted by atomic mass is 9.88. The van der Waals surface area contributed by atoms with Crippen molar-refractivity contribution in [3.63, 3.8) is 0 Å². The number of ether oxygens (including phenoxy) is 2. The molecule has 0 saturated carbocycles. The van der Waals surface area contributed by atoms with E-state index in [0.717, 1.165) is 11.1 Å². The van der Waals surface area contributed by atoms with E-state index in [9.17, 15) is 5.11 Å².